The van der Waals surface area contributed by atoms with E-state index >= 15 is 0 Å². The Labute approximate surface area is 96.2 Å². The molecule has 1 aromatic heterocycles. The molecule has 0 spiro atoms. The molecule has 88 valence electrons. The van der Waals surface area contributed by atoms with E-state index in [-0.39, 0.29) is 0 Å². The lowest BCUT2D eigenvalue weighted by molar-refractivity contribution is 0.0779. The number of hydrogen-bond acceptors (Lipinski definition) is 4. The lowest BCUT2D eigenvalue weighted by Crippen LogP contribution is -2.19. The van der Waals surface area contributed by atoms with E-state index in [1.807, 2.05) is 13.0 Å². The van der Waals surface area contributed by atoms with E-state index in [1.165, 1.54) is 0 Å². The van der Waals surface area contributed by atoms with E-state index in [4.69, 9.17) is 10.5 Å². The first kappa shape index (κ1) is 11.5. The van der Waals surface area contributed by atoms with Crippen molar-refractivity contribution in [1.82, 2.24) is 9.97 Å². The lowest BCUT2D eigenvalue weighted by Gasteiger charge is -2.21. The Morgan fingerprint density at radius 2 is 2.38 bits per heavy atom. The Hall–Kier alpha value is -1.00. The van der Waals surface area contributed by atoms with Crippen LogP contribution in [0.1, 0.15) is 36.0 Å². The van der Waals surface area contributed by atoms with Crippen molar-refractivity contribution in [3.05, 3.63) is 23.3 Å². The molecular weight excluding hydrogens is 202 g/mol. The van der Waals surface area contributed by atoms with Crippen LogP contribution in [-0.4, -0.2) is 29.7 Å². The first-order valence-corrected chi connectivity index (χ1v) is 5.92. The molecule has 1 unspecified atom stereocenters. The summed E-state index contributed by atoms with van der Waals surface area (Å²) >= 11 is 0. The molecule has 2 rings (SSSR count). The summed E-state index contributed by atoms with van der Waals surface area (Å²) in [6, 6.07) is 2.01. The topological polar surface area (TPSA) is 61.0 Å². The third-order valence-corrected chi connectivity index (χ3v) is 2.85. The predicted molar refractivity (Wildman–Crippen MR) is 62.3 cm³/mol. The number of nitrogens with zero attached hydrogens (tertiary/aromatic N) is 2. The first-order valence-electron chi connectivity index (χ1n) is 5.92. The Bertz CT molecular complexity index is 348. The van der Waals surface area contributed by atoms with Gasteiger partial charge in [-0.15, -0.1) is 0 Å². The molecule has 4 nitrogen and oxygen atoms in total. The molecule has 0 aliphatic carbocycles. The van der Waals surface area contributed by atoms with Crippen molar-refractivity contribution in [1.29, 1.82) is 0 Å². The van der Waals surface area contributed by atoms with Gasteiger partial charge in [0.15, 0.2) is 0 Å². The highest BCUT2D eigenvalue weighted by Crippen LogP contribution is 2.22. The van der Waals surface area contributed by atoms with Gasteiger partial charge in [-0.3, -0.25) is 0 Å². The largest absolute Gasteiger partial charge is 0.381 e. The monoisotopic (exact) mass is 221 g/mol. The number of ether oxygens (including phenoxy) is 1. The number of aromatic nitrogens is 2. The number of aryl methyl sites for hydroxylation is 1. The normalized spacial score (nSPS) is 21.0. The molecule has 0 amide bonds. The molecule has 2 N–H and O–H groups in total. The van der Waals surface area contributed by atoms with E-state index in [0.29, 0.717) is 12.5 Å². The van der Waals surface area contributed by atoms with Gasteiger partial charge in [-0.05, 0) is 32.4 Å². The third kappa shape index (κ3) is 2.77. The second-order valence-corrected chi connectivity index (χ2v) is 4.31. The van der Waals surface area contributed by atoms with Crippen LogP contribution < -0.4 is 5.73 Å². The Morgan fingerprint density at radius 1 is 1.50 bits per heavy atom. The molecule has 1 saturated heterocycles. The average molecular weight is 221 g/mol. The zero-order valence-electron chi connectivity index (χ0n) is 9.78. The van der Waals surface area contributed by atoms with E-state index in [2.05, 4.69) is 9.97 Å². The fourth-order valence-electron chi connectivity index (χ4n) is 2.06. The minimum atomic E-state index is 0.366. The summed E-state index contributed by atoms with van der Waals surface area (Å²) in [5.74, 6) is 1.30. The fraction of sp³-hybridized carbons (Fsp3) is 0.667. The molecule has 1 aliphatic heterocycles. The van der Waals surface area contributed by atoms with Gasteiger partial charge in [-0.1, -0.05) is 0 Å². The third-order valence-electron chi connectivity index (χ3n) is 2.85. The maximum absolute atomic E-state index is 5.55. The van der Waals surface area contributed by atoms with Crippen molar-refractivity contribution in [3.63, 3.8) is 0 Å². The smallest absolute Gasteiger partial charge is 0.134 e. The Morgan fingerprint density at radius 3 is 3.06 bits per heavy atom. The highest BCUT2D eigenvalue weighted by atomic mass is 16.5. The van der Waals surface area contributed by atoms with Crippen LogP contribution in [0.3, 0.4) is 0 Å². The molecule has 2 heterocycles. The van der Waals surface area contributed by atoms with Crippen molar-refractivity contribution < 1.29 is 4.74 Å². The van der Waals surface area contributed by atoms with Crippen LogP contribution >= 0.6 is 0 Å². The predicted octanol–water partition coefficient (Wildman–Crippen LogP) is 1.18. The van der Waals surface area contributed by atoms with Gasteiger partial charge in [0.25, 0.3) is 0 Å². The standard InChI is InChI=1S/C12H19N3O/c1-9-7-11(4-5-13)15-12(14-9)10-3-2-6-16-8-10/h7,10H,2-6,8,13H2,1H3. The van der Waals surface area contributed by atoms with Gasteiger partial charge in [-0.2, -0.15) is 0 Å². The van der Waals surface area contributed by atoms with Crippen molar-refractivity contribution in [2.45, 2.75) is 32.1 Å². The zero-order valence-corrected chi connectivity index (χ0v) is 9.78. The van der Waals surface area contributed by atoms with Crippen LogP contribution in [-0.2, 0) is 11.2 Å². The second-order valence-electron chi connectivity index (χ2n) is 4.31. The SMILES string of the molecule is Cc1cc(CCN)nc(C2CCCOC2)n1. The summed E-state index contributed by atoms with van der Waals surface area (Å²) in [5.41, 5.74) is 7.63. The molecule has 0 aromatic carbocycles. The molecule has 0 saturated carbocycles. The second kappa shape index (κ2) is 5.37. The van der Waals surface area contributed by atoms with Crippen LogP contribution in [0.15, 0.2) is 6.07 Å². The molecule has 1 fully saturated rings. The molecule has 16 heavy (non-hydrogen) atoms. The van der Waals surface area contributed by atoms with E-state index in [0.717, 1.165) is 49.7 Å². The zero-order chi connectivity index (χ0) is 11.4. The van der Waals surface area contributed by atoms with Crippen LogP contribution in [0.4, 0.5) is 0 Å². The Kier molecular flexibility index (Phi) is 3.85. The lowest BCUT2D eigenvalue weighted by atomic mass is 10.0. The number of rotatable bonds is 3. The molecule has 0 radical (unpaired) electrons. The molecule has 4 heteroatoms. The Balaban J connectivity index is 2.18. The van der Waals surface area contributed by atoms with Gasteiger partial charge in [0, 0.05) is 30.3 Å². The summed E-state index contributed by atoms with van der Waals surface area (Å²) < 4.78 is 5.47. The molecular formula is C12H19N3O. The van der Waals surface area contributed by atoms with Gasteiger partial charge in [-0.25, -0.2) is 9.97 Å². The van der Waals surface area contributed by atoms with Crippen molar-refractivity contribution in [2.24, 2.45) is 5.73 Å². The highest BCUT2D eigenvalue weighted by molar-refractivity contribution is 5.13. The van der Waals surface area contributed by atoms with Gasteiger partial charge in [0.1, 0.15) is 5.82 Å². The first-order chi connectivity index (χ1) is 7.79. The summed E-state index contributed by atoms with van der Waals surface area (Å²) in [5, 5.41) is 0. The van der Waals surface area contributed by atoms with Crippen molar-refractivity contribution in [3.8, 4) is 0 Å². The van der Waals surface area contributed by atoms with Gasteiger partial charge in [0.2, 0.25) is 0 Å². The maximum atomic E-state index is 5.55. The molecule has 1 aromatic rings. The summed E-state index contributed by atoms with van der Waals surface area (Å²) in [6.07, 6.45) is 3.06. The maximum Gasteiger partial charge on any atom is 0.134 e. The summed E-state index contributed by atoms with van der Waals surface area (Å²) in [6.45, 7) is 4.27. The molecule has 0 bridgehead atoms. The van der Waals surface area contributed by atoms with Crippen LogP contribution in [0.25, 0.3) is 0 Å². The molecule has 1 aliphatic rings. The minimum absolute atomic E-state index is 0.366. The van der Waals surface area contributed by atoms with Crippen LogP contribution in [0.5, 0.6) is 0 Å². The van der Waals surface area contributed by atoms with Crippen LogP contribution in [0, 0.1) is 6.92 Å². The van der Waals surface area contributed by atoms with Gasteiger partial charge >= 0.3 is 0 Å². The summed E-state index contributed by atoms with van der Waals surface area (Å²) in [4.78, 5) is 9.08. The van der Waals surface area contributed by atoms with Crippen molar-refractivity contribution >= 4 is 0 Å². The minimum Gasteiger partial charge on any atom is -0.381 e. The van der Waals surface area contributed by atoms with E-state index in [9.17, 15) is 0 Å². The summed E-state index contributed by atoms with van der Waals surface area (Å²) in [7, 11) is 0. The highest BCUT2D eigenvalue weighted by Gasteiger charge is 2.19. The fourth-order valence-corrected chi connectivity index (χ4v) is 2.06. The van der Waals surface area contributed by atoms with Gasteiger partial charge in [0.05, 0.1) is 6.61 Å². The van der Waals surface area contributed by atoms with Crippen molar-refractivity contribution in [2.75, 3.05) is 19.8 Å². The average Bonchev–Trinajstić information content (AvgIpc) is 2.30. The van der Waals surface area contributed by atoms with E-state index in [1.54, 1.807) is 0 Å². The number of hydrogen-bond donors (Lipinski definition) is 1. The quantitative estimate of drug-likeness (QED) is 0.832. The molecule has 1 atom stereocenters. The number of nitrogens with two attached hydrogens (primary N) is 1. The van der Waals surface area contributed by atoms with E-state index < -0.39 is 0 Å². The van der Waals surface area contributed by atoms with Crippen LogP contribution in [0.2, 0.25) is 0 Å². The van der Waals surface area contributed by atoms with Gasteiger partial charge < -0.3 is 10.5 Å².